The van der Waals surface area contributed by atoms with E-state index in [2.05, 4.69) is 6.07 Å². The molecule has 4 nitrogen and oxygen atoms in total. The lowest BCUT2D eigenvalue weighted by Gasteiger charge is -2.25. The predicted molar refractivity (Wildman–Crippen MR) is 124 cm³/mol. The molecule has 5 heteroatoms. The van der Waals surface area contributed by atoms with Crippen LogP contribution in [0, 0.1) is 0 Å². The summed E-state index contributed by atoms with van der Waals surface area (Å²) in [5.74, 6) is 1.68. The number of benzene rings is 3. The molecule has 4 rings (SSSR count). The minimum absolute atomic E-state index is 0.0111. The van der Waals surface area contributed by atoms with Crippen LogP contribution in [-0.2, 0) is 0 Å². The van der Waals surface area contributed by atoms with Crippen LogP contribution >= 0.6 is 11.6 Å². The second-order valence-electron chi connectivity index (χ2n) is 6.95. The summed E-state index contributed by atoms with van der Waals surface area (Å²) in [6.07, 6.45) is 4.84. The first kappa shape index (κ1) is 20.0. The summed E-state index contributed by atoms with van der Waals surface area (Å²) < 4.78 is 11.1. The van der Waals surface area contributed by atoms with Crippen molar-refractivity contribution in [3.05, 3.63) is 95.0 Å². The highest BCUT2D eigenvalue weighted by molar-refractivity contribution is 6.30. The Labute approximate surface area is 182 Å². The number of anilines is 1. The Balaban J connectivity index is 1.71. The van der Waals surface area contributed by atoms with Crippen molar-refractivity contribution in [3.63, 3.8) is 0 Å². The number of hydrogen-bond acceptors (Lipinski definition) is 4. The van der Waals surface area contributed by atoms with Crippen LogP contribution < -0.4 is 14.5 Å². The number of hydrogen-bond donors (Lipinski definition) is 0. The maximum Gasteiger partial charge on any atom is 0.126 e. The van der Waals surface area contributed by atoms with Gasteiger partial charge in [0.2, 0.25) is 0 Å². The van der Waals surface area contributed by atoms with Gasteiger partial charge >= 0.3 is 0 Å². The van der Waals surface area contributed by atoms with Crippen LogP contribution in [0.1, 0.15) is 23.6 Å². The quantitative estimate of drug-likeness (QED) is 0.466. The molecule has 1 atom stereocenters. The summed E-state index contributed by atoms with van der Waals surface area (Å²) in [5, 5.41) is 7.61. The van der Waals surface area contributed by atoms with Crippen LogP contribution in [0.4, 0.5) is 5.69 Å². The van der Waals surface area contributed by atoms with E-state index in [1.807, 2.05) is 83.9 Å². The maximum absolute atomic E-state index is 6.26. The molecule has 0 bridgehead atoms. The van der Waals surface area contributed by atoms with Crippen LogP contribution in [0.2, 0.25) is 5.02 Å². The lowest BCUT2D eigenvalue weighted by Crippen LogP contribution is -2.19. The molecule has 1 heterocycles. The second-order valence-corrected chi connectivity index (χ2v) is 7.39. The van der Waals surface area contributed by atoms with Crippen molar-refractivity contribution >= 4 is 29.1 Å². The zero-order valence-corrected chi connectivity index (χ0v) is 17.7. The molecule has 3 aromatic carbocycles. The van der Waals surface area contributed by atoms with E-state index in [1.165, 1.54) is 0 Å². The molecule has 1 unspecified atom stereocenters. The lowest BCUT2D eigenvalue weighted by molar-refractivity contribution is 0.405. The molecule has 152 valence electrons. The normalized spacial score (nSPS) is 16.0. The average Bonchev–Trinajstić information content (AvgIpc) is 3.22. The number of nitrogens with zero attached hydrogens (tertiary/aromatic N) is 2. The minimum atomic E-state index is 0.0111. The Bertz CT molecular complexity index is 1090. The van der Waals surface area contributed by atoms with E-state index in [0.29, 0.717) is 5.02 Å². The SMILES string of the molecule is COc1ccccc1/C=C/C1=NN(c2cccc(Cl)c2)C(c2ccccc2OC)C1. The van der Waals surface area contributed by atoms with Crippen LogP contribution in [0.3, 0.4) is 0 Å². The first-order chi connectivity index (χ1) is 14.7. The van der Waals surface area contributed by atoms with Gasteiger partial charge in [0, 0.05) is 22.6 Å². The van der Waals surface area contributed by atoms with Gasteiger partial charge in [0.15, 0.2) is 0 Å². The molecule has 0 saturated carbocycles. The molecule has 3 aromatic rings. The van der Waals surface area contributed by atoms with Crippen LogP contribution in [0.5, 0.6) is 11.5 Å². The van der Waals surface area contributed by atoms with Gasteiger partial charge in [-0.3, -0.25) is 5.01 Å². The average molecular weight is 419 g/mol. The maximum atomic E-state index is 6.26. The number of halogens is 1. The fourth-order valence-electron chi connectivity index (χ4n) is 3.66. The van der Waals surface area contributed by atoms with Gasteiger partial charge in [-0.1, -0.05) is 54.1 Å². The number of allylic oxidation sites excluding steroid dienone is 1. The van der Waals surface area contributed by atoms with Crippen molar-refractivity contribution < 1.29 is 9.47 Å². The van der Waals surface area contributed by atoms with E-state index in [0.717, 1.165) is 40.4 Å². The van der Waals surface area contributed by atoms with E-state index in [1.54, 1.807) is 14.2 Å². The highest BCUT2D eigenvalue weighted by Crippen LogP contribution is 2.40. The van der Waals surface area contributed by atoms with Crippen molar-refractivity contribution in [2.45, 2.75) is 12.5 Å². The summed E-state index contributed by atoms with van der Waals surface area (Å²) in [5.41, 5.74) is 4.01. The largest absolute Gasteiger partial charge is 0.496 e. The lowest BCUT2D eigenvalue weighted by atomic mass is 9.99. The number of hydrazone groups is 1. The van der Waals surface area contributed by atoms with E-state index in [-0.39, 0.29) is 6.04 Å². The molecule has 0 radical (unpaired) electrons. The molecule has 0 N–H and O–H groups in total. The van der Waals surface area contributed by atoms with E-state index < -0.39 is 0 Å². The van der Waals surface area contributed by atoms with Crippen molar-refractivity contribution in [2.75, 3.05) is 19.2 Å². The van der Waals surface area contributed by atoms with Gasteiger partial charge in [-0.25, -0.2) is 0 Å². The third kappa shape index (κ3) is 4.19. The molecular formula is C25H23ClN2O2. The third-order valence-electron chi connectivity index (χ3n) is 5.10. The second kappa shape index (κ2) is 9.06. The van der Waals surface area contributed by atoms with Gasteiger partial charge in [0.25, 0.3) is 0 Å². The fraction of sp³-hybridized carbons (Fsp3) is 0.160. The number of ether oxygens (including phenoxy) is 2. The molecule has 0 spiro atoms. The van der Waals surface area contributed by atoms with Crippen molar-refractivity contribution in [3.8, 4) is 11.5 Å². The summed E-state index contributed by atoms with van der Waals surface area (Å²) in [6, 6.07) is 23.8. The summed E-state index contributed by atoms with van der Waals surface area (Å²) in [4.78, 5) is 0. The Morgan fingerprint density at radius 2 is 1.63 bits per heavy atom. The number of rotatable bonds is 6. The van der Waals surface area contributed by atoms with Gasteiger partial charge in [-0.05, 0) is 42.5 Å². The first-order valence-corrected chi connectivity index (χ1v) is 10.1. The van der Waals surface area contributed by atoms with Gasteiger partial charge in [-0.15, -0.1) is 0 Å². The molecular weight excluding hydrogens is 396 g/mol. The van der Waals surface area contributed by atoms with Crippen molar-refractivity contribution in [1.82, 2.24) is 0 Å². The van der Waals surface area contributed by atoms with E-state index in [4.69, 9.17) is 26.2 Å². The Hall–Kier alpha value is -3.24. The highest BCUT2D eigenvalue weighted by Gasteiger charge is 2.30. The molecule has 0 aliphatic carbocycles. The molecule has 1 aliphatic heterocycles. The summed E-state index contributed by atoms with van der Waals surface area (Å²) >= 11 is 6.26. The summed E-state index contributed by atoms with van der Waals surface area (Å²) in [7, 11) is 3.37. The Morgan fingerprint density at radius 1 is 0.900 bits per heavy atom. The minimum Gasteiger partial charge on any atom is -0.496 e. The fourth-order valence-corrected chi connectivity index (χ4v) is 3.85. The van der Waals surface area contributed by atoms with Crippen LogP contribution in [0.25, 0.3) is 6.08 Å². The van der Waals surface area contributed by atoms with Gasteiger partial charge in [0.05, 0.1) is 31.7 Å². The first-order valence-electron chi connectivity index (χ1n) is 9.76. The van der Waals surface area contributed by atoms with Crippen LogP contribution in [0.15, 0.2) is 84.0 Å². The van der Waals surface area contributed by atoms with Gasteiger partial charge in [-0.2, -0.15) is 5.10 Å². The third-order valence-corrected chi connectivity index (χ3v) is 5.33. The predicted octanol–water partition coefficient (Wildman–Crippen LogP) is 6.38. The van der Waals surface area contributed by atoms with E-state index in [9.17, 15) is 0 Å². The van der Waals surface area contributed by atoms with E-state index >= 15 is 0 Å². The van der Waals surface area contributed by atoms with Gasteiger partial charge in [0.1, 0.15) is 11.5 Å². The summed E-state index contributed by atoms with van der Waals surface area (Å²) in [6.45, 7) is 0. The molecule has 0 amide bonds. The molecule has 0 aromatic heterocycles. The Morgan fingerprint density at radius 3 is 2.40 bits per heavy atom. The van der Waals surface area contributed by atoms with Crippen molar-refractivity contribution in [1.29, 1.82) is 0 Å². The van der Waals surface area contributed by atoms with Crippen LogP contribution in [-0.4, -0.2) is 19.9 Å². The molecule has 30 heavy (non-hydrogen) atoms. The zero-order valence-electron chi connectivity index (χ0n) is 17.0. The molecule has 1 aliphatic rings. The standard InChI is InChI=1S/C25H23ClN2O2/c1-29-24-12-5-3-8-18(24)14-15-20-17-23(22-11-4-6-13-25(22)30-2)28(27-20)21-10-7-9-19(26)16-21/h3-16,23H,17H2,1-2H3/b15-14+. The number of methoxy groups -OCH3 is 2. The Kier molecular flexibility index (Phi) is 6.05. The zero-order chi connectivity index (χ0) is 20.9. The molecule has 0 fully saturated rings. The van der Waals surface area contributed by atoms with Crippen molar-refractivity contribution in [2.24, 2.45) is 5.10 Å². The molecule has 0 saturated heterocycles. The topological polar surface area (TPSA) is 34.1 Å². The highest BCUT2D eigenvalue weighted by atomic mass is 35.5. The monoisotopic (exact) mass is 418 g/mol. The smallest absolute Gasteiger partial charge is 0.126 e. The number of para-hydroxylation sites is 2. The van der Waals surface area contributed by atoms with Gasteiger partial charge < -0.3 is 9.47 Å².